The zero-order valence-corrected chi connectivity index (χ0v) is 13.9. The number of nitrogens with two attached hydrogens (primary N) is 1. The Labute approximate surface area is 129 Å². The Bertz CT molecular complexity index is 327. The average molecular weight is 296 g/mol. The van der Waals surface area contributed by atoms with Crippen molar-refractivity contribution in [2.24, 2.45) is 17.6 Å². The van der Waals surface area contributed by atoms with Crippen molar-refractivity contribution in [3.05, 3.63) is 12.7 Å². The zero-order valence-electron chi connectivity index (χ0n) is 13.9. The molecule has 21 heavy (non-hydrogen) atoms. The fraction of sp³-hybridized carbons (Fsp3) is 0.765. The second kappa shape index (κ2) is 11.4. The van der Waals surface area contributed by atoms with Crippen molar-refractivity contribution in [3.63, 3.8) is 0 Å². The lowest BCUT2D eigenvalue weighted by Gasteiger charge is -2.19. The summed E-state index contributed by atoms with van der Waals surface area (Å²) in [6, 6.07) is 0.0253. The van der Waals surface area contributed by atoms with Crippen molar-refractivity contribution < 1.29 is 9.59 Å². The van der Waals surface area contributed by atoms with Crippen molar-refractivity contribution in [2.75, 3.05) is 0 Å². The van der Waals surface area contributed by atoms with E-state index in [-0.39, 0.29) is 30.2 Å². The largest absolute Gasteiger partial charge is 0.370 e. The maximum atomic E-state index is 12.1. The molecule has 4 nitrogen and oxygen atoms in total. The van der Waals surface area contributed by atoms with E-state index in [1.807, 2.05) is 0 Å². The van der Waals surface area contributed by atoms with Crippen LogP contribution in [0.1, 0.15) is 65.7 Å². The second-order valence-electron chi connectivity index (χ2n) is 6.28. The van der Waals surface area contributed by atoms with E-state index in [2.05, 4.69) is 32.7 Å². The maximum Gasteiger partial charge on any atom is 0.220 e. The summed E-state index contributed by atoms with van der Waals surface area (Å²) in [6.45, 7) is 10.1. The van der Waals surface area contributed by atoms with Gasteiger partial charge in [0.25, 0.3) is 0 Å². The van der Waals surface area contributed by atoms with E-state index in [9.17, 15) is 9.59 Å². The van der Waals surface area contributed by atoms with Crippen LogP contribution in [0.4, 0.5) is 0 Å². The minimum atomic E-state index is -0.336. The van der Waals surface area contributed by atoms with E-state index in [1.165, 1.54) is 0 Å². The molecule has 0 saturated heterocycles. The third-order valence-electron chi connectivity index (χ3n) is 3.52. The third-order valence-corrected chi connectivity index (χ3v) is 3.52. The molecule has 0 spiro atoms. The Kier molecular flexibility index (Phi) is 10.6. The fourth-order valence-electron chi connectivity index (χ4n) is 2.58. The van der Waals surface area contributed by atoms with Gasteiger partial charge in [-0.25, -0.2) is 0 Å². The third kappa shape index (κ3) is 11.1. The van der Waals surface area contributed by atoms with Crippen LogP contribution < -0.4 is 11.1 Å². The topological polar surface area (TPSA) is 72.2 Å². The van der Waals surface area contributed by atoms with Gasteiger partial charge in [0.05, 0.1) is 0 Å². The number of carbonyl (C=O) groups excluding carboxylic acids is 2. The maximum absolute atomic E-state index is 12.1. The SMILES string of the molecule is C=C[C@H](CCCCC)NC(=O)C[C@@H](CC(N)=O)CC(C)C. The van der Waals surface area contributed by atoms with Crippen LogP contribution in [0.3, 0.4) is 0 Å². The predicted octanol–water partition coefficient (Wildman–Crippen LogP) is 3.17. The molecule has 0 fully saturated rings. The summed E-state index contributed by atoms with van der Waals surface area (Å²) in [4.78, 5) is 23.2. The predicted molar refractivity (Wildman–Crippen MR) is 87.6 cm³/mol. The van der Waals surface area contributed by atoms with Crippen molar-refractivity contribution in [1.29, 1.82) is 0 Å². The summed E-state index contributed by atoms with van der Waals surface area (Å²) in [7, 11) is 0. The minimum absolute atomic E-state index is 0.0108. The number of nitrogens with one attached hydrogen (secondary N) is 1. The number of primary amides is 1. The van der Waals surface area contributed by atoms with Crippen molar-refractivity contribution in [1.82, 2.24) is 5.32 Å². The Morgan fingerprint density at radius 3 is 2.38 bits per heavy atom. The highest BCUT2D eigenvalue weighted by Crippen LogP contribution is 2.19. The summed E-state index contributed by atoms with van der Waals surface area (Å²) in [5.74, 6) is 0.130. The van der Waals surface area contributed by atoms with Gasteiger partial charge in [-0.1, -0.05) is 46.1 Å². The smallest absolute Gasteiger partial charge is 0.220 e. The normalized spacial score (nSPS) is 13.7. The molecule has 3 N–H and O–H groups in total. The molecule has 2 atom stereocenters. The van der Waals surface area contributed by atoms with Gasteiger partial charge in [0.1, 0.15) is 0 Å². The van der Waals surface area contributed by atoms with Gasteiger partial charge in [-0.2, -0.15) is 0 Å². The van der Waals surface area contributed by atoms with Crippen molar-refractivity contribution in [3.8, 4) is 0 Å². The highest BCUT2D eigenvalue weighted by atomic mass is 16.2. The van der Waals surface area contributed by atoms with E-state index in [4.69, 9.17) is 5.73 Å². The molecular formula is C17H32N2O2. The molecule has 0 aromatic heterocycles. The Morgan fingerprint density at radius 2 is 1.90 bits per heavy atom. The molecule has 0 aromatic rings. The first-order valence-electron chi connectivity index (χ1n) is 8.09. The van der Waals surface area contributed by atoms with Gasteiger partial charge in [0.15, 0.2) is 0 Å². The molecule has 122 valence electrons. The van der Waals surface area contributed by atoms with Crippen molar-refractivity contribution >= 4 is 11.8 Å². The van der Waals surface area contributed by atoms with Gasteiger partial charge >= 0.3 is 0 Å². The first-order chi connectivity index (χ1) is 9.88. The molecular weight excluding hydrogens is 264 g/mol. The van der Waals surface area contributed by atoms with Crippen LogP contribution in [-0.2, 0) is 9.59 Å². The van der Waals surface area contributed by atoms with Crippen LogP contribution in [0.15, 0.2) is 12.7 Å². The molecule has 0 unspecified atom stereocenters. The lowest BCUT2D eigenvalue weighted by molar-refractivity contribution is -0.123. The minimum Gasteiger partial charge on any atom is -0.370 e. The van der Waals surface area contributed by atoms with E-state index in [1.54, 1.807) is 6.08 Å². The Morgan fingerprint density at radius 1 is 1.24 bits per heavy atom. The first kappa shape index (κ1) is 19.7. The van der Waals surface area contributed by atoms with E-state index in [0.717, 1.165) is 32.1 Å². The first-order valence-corrected chi connectivity index (χ1v) is 8.09. The lowest BCUT2D eigenvalue weighted by Crippen LogP contribution is -2.35. The summed E-state index contributed by atoms with van der Waals surface area (Å²) < 4.78 is 0. The molecule has 4 heteroatoms. The Balaban J connectivity index is 4.32. The molecule has 0 aliphatic heterocycles. The fourth-order valence-corrected chi connectivity index (χ4v) is 2.58. The summed E-state index contributed by atoms with van der Waals surface area (Å²) >= 11 is 0. The van der Waals surface area contributed by atoms with Gasteiger partial charge < -0.3 is 11.1 Å². The molecule has 0 radical (unpaired) electrons. The van der Waals surface area contributed by atoms with Crippen molar-refractivity contribution in [2.45, 2.75) is 71.8 Å². The van der Waals surface area contributed by atoms with Crippen LogP contribution in [0, 0.1) is 11.8 Å². The monoisotopic (exact) mass is 296 g/mol. The van der Waals surface area contributed by atoms with E-state index in [0.29, 0.717) is 12.3 Å². The number of rotatable bonds is 12. The van der Waals surface area contributed by atoms with Gasteiger partial charge in [-0.15, -0.1) is 6.58 Å². The van der Waals surface area contributed by atoms with Crippen LogP contribution in [0.25, 0.3) is 0 Å². The quantitative estimate of drug-likeness (QED) is 0.429. The number of amides is 2. The number of unbranched alkanes of at least 4 members (excludes halogenated alkanes) is 2. The molecule has 2 amide bonds. The molecule has 0 aliphatic carbocycles. The van der Waals surface area contributed by atoms with Crippen LogP contribution in [0.5, 0.6) is 0 Å². The summed E-state index contributed by atoms with van der Waals surface area (Å²) in [6.07, 6.45) is 7.60. The highest BCUT2D eigenvalue weighted by molar-refractivity contribution is 5.78. The number of carbonyl (C=O) groups is 2. The van der Waals surface area contributed by atoms with E-state index >= 15 is 0 Å². The molecule has 0 aromatic carbocycles. The van der Waals surface area contributed by atoms with Crippen LogP contribution >= 0.6 is 0 Å². The second-order valence-corrected chi connectivity index (χ2v) is 6.28. The zero-order chi connectivity index (χ0) is 16.3. The number of hydrogen-bond donors (Lipinski definition) is 2. The van der Waals surface area contributed by atoms with E-state index < -0.39 is 0 Å². The van der Waals surface area contributed by atoms with Gasteiger partial charge in [0, 0.05) is 18.9 Å². The molecule has 0 heterocycles. The van der Waals surface area contributed by atoms with Gasteiger partial charge in [-0.3, -0.25) is 9.59 Å². The lowest BCUT2D eigenvalue weighted by atomic mass is 9.90. The van der Waals surface area contributed by atoms with Gasteiger partial charge in [-0.05, 0) is 24.7 Å². The van der Waals surface area contributed by atoms with Crippen LogP contribution in [0.2, 0.25) is 0 Å². The summed E-state index contributed by atoms with van der Waals surface area (Å²) in [5.41, 5.74) is 5.27. The summed E-state index contributed by atoms with van der Waals surface area (Å²) in [5, 5.41) is 2.99. The highest BCUT2D eigenvalue weighted by Gasteiger charge is 2.19. The number of hydrogen-bond acceptors (Lipinski definition) is 2. The average Bonchev–Trinajstić information content (AvgIpc) is 2.35. The van der Waals surface area contributed by atoms with Crippen LogP contribution in [-0.4, -0.2) is 17.9 Å². The van der Waals surface area contributed by atoms with Gasteiger partial charge in [0.2, 0.25) is 11.8 Å². The molecule has 0 rings (SSSR count). The molecule has 0 saturated carbocycles. The molecule has 0 aliphatic rings. The Hall–Kier alpha value is -1.32. The molecule has 0 bridgehead atoms. The standard InChI is InChI=1S/C17H32N2O2/c1-5-7-8-9-15(6-2)19-17(21)12-14(10-13(3)4)11-16(18)20/h6,13-15H,2,5,7-12H2,1,3-4H3,(H2,18,20)(H,19,21)/t14-,15-/m1/s1.